The number of carbonyl (C=O) groups is 2. The van der Waals surface area contributed by atoms with Crippen molar-refractivity contribution in [3.05, 3.63) is 29.8 Å². The molecule has 0 atom stereocenters. The molecule has 0 radical (unpaired) electrons. The number of methoxy groups -OCH3 is 1. The van der Waals surface area contributed by atoms with E-state index in [1.165, 1.54) is 0 Å². The van der Waals surface area contributed by atoms with Crippen molar-refractivity contribution < 1.29 is 14.3 Å². The summed E-state index contributed by atoms with van der Waals surface area (Å²) in [5.74, 6) is 1.01. The molecular formula is C14H17NO3. The van der Waals surface area contributed by atoms with E-state index in [4.69, 9.17) is 4.74 Å². The summed E-state index contributed by atoms with van der Waals surface area (Å²) >= 11 is 0. The van der Waals surface area contributed by atoms with Gasteiger partial charge in [-0.1, -0.05) is 18.2 Å². The second-order valence-corrected chi connectivity index (χ2v) is 4.42. The number of nitrogens with zero attached hydrogens (tertiary/aromatic N) is 1. The Hall–Kier alpha value is -1.84. The maximum Gasteiger partial charge on any atom is 0.223 e. The number of para-hydroxylation sites is 1. The van der Waals surface area contributed by atoms with E-state index in [1.54, 1.807) is 12.0 Å². The molecule has 1 aliphatic heterocycles. The van der Waals surface area contributed by atoms with Crippen LogP contribution in [0.1, 0.15) is 18.4 Å². The van der Waals surface area contributed by atoms with Crippen molar-refractivity contribution in [2.75, 3.05) is 20.2 Å². The van der Waals surface area contributed by atoms with E-state index in [9.17, 15) is 9.59 Å². The van der Waals surface area contributed by atoms with Crippen LogP contribution in [0.2, 0.25) is 0 Å². The van der Waals surface area contributed by atoms with Crippen LogP contribution in [0.25, 0.3) is 0 Å². The highest BCUT2D eigenvalue weighted by atomic mass is 16.5. The number of aryl methyl sites for hydroxylation is 1. The molecule has 1 fully saturated rings. The van der Waals surface area contributed by atoms with E-state index in [0.717, 1.165) is 11.3 Å². The molecule has 1 amide bonds. The molecule has 1 aromatic rings. The van der Waals surface area contributed by atoms with E-state index in [0.29, 0.717) is 25.8 Å². The number of benzene rings is 1. The molecule has 0 bridgehead atoms. The molecule has 0 unspecified atom stereocenters. The summed E-state index contributed by atoms with van der Waals surface area (Å²) in [6.45, 7) is 0.856. The summed E-state index contributed by atoms with van der Waals surface area (Å²) in [5, 5.41) is 0. The number of ether oxygens (including phenoxy) is 1. The minimum Gasteiger partial charge on any atom is -0.496 e. The van der Waals surface area contributed by atoms with Gasteiger partial charge in [0.25, 0.3) is 0 Å². The Morgan fingerprint density at radius 1 is 1.39 bits per heavy atom. The lowest BCUT2D eigenvalue weighted by Crippen LogP contribution is -2.28. The number of hydrogen-bond acceptors (Lipinski definition) is 3. The van der Waals surface area contributed by atoms with Crippen LogP contribution in [0, 0.1) is 0 Å². The summed E-state index contributed by atoms with van der Waals surface area (Å²) in [6, 6.07) is 7.69. The van der Waals surface area contributed by atoms with Crippen molar-refractivity contribution in [3.8, 4) is 5.75 Å². The van der Waals surface area contributed by atoms with Crippen LogP contribution in [0.3, 0.4) is 0 Å². The van der Waals surface area contributed by atoms with Crippen molar-refractivity contribution in [1.29, 1.82) is 0 Å². The molecule has 0 aromatic heterocycles. The van der Waals surface area contributed by atoms with Crippen molar-refractivity contribution in [2.45, 2.75) is 19.3 Å². The Morgan fingerprint density at radius 2 is 2.17 bits per heavy atom. The molecule has 0 N–H and O–H groups in total. The van der Waals surface area contributed by atoms with Gasteiger partial charge in [-0.05, 0) is 18.1 Å². The first kappa shape index (κ1) is 12.6. The molecule has 0 saturated carbocycles. The van der Waals surface area contributed by atoms with Crippen LogP contribution in [-0.4, -0.2) is 36.8 Å². The van der Waals surface area contributed by atoms with Crippen LogP contribution in [0.5, 0.6) is 5.75 Å². The van der Waals surface area contributed by atoms with Gasteiger partial charge in [0.2, 0.25) is 5.91 Å². The number of likely N-dealkylation sites (tertiary alicyclic amines) is 1. The highest BCUT2D eigenvalue weighted by Crippen LogP contribution is 2.19. The normalized spacial score (nSPS) is 14.9. The molecule has 96 valence electrons. The van der Waals surface area contributed by atoms with Gasteiger partial charge in [-0.25, -0.2) is 0 Å². The van der Waals surface area contributed by atoms with Crippen molar-refractivity contribution in [2.24, 2.45) is 0 Å². The first-order valence-corrected chi connectivity index (χ1v) is 6.12. The predicted octanol–water partition coefficient (Wildman–Crippen LogP) is 1.43. The zero-order valence-corrected chi connectivity index (χ0v) is 10.5. The van der Waals surface area contributed by atoms with Gasteiger partial charge >= 0.3 is 0 Å². The lowest BCUT2D eigenvalue weighted by atomic mass is 10.1. The second kappa shape index (κ2) is 5.67. The monoisotopic (exact) mass is 247 g/mol. The van der Waals surface area contributed by atoms with Crippen LogP contribution in [0.4, 0.5) is 0 Å². The smallest absolute Gasteiger partial charge is 0.223 e. The number of Topliss-reactive ketones (excluding diaryl/α,β-unsaturated/α-hetero) is 1. The van der Waals surface area contributed by atoms with Gasteiger partial charge in [-0.2, -0.15) is 0 Å². The average Bonchev–Trinajstić information content (AvgIpc) is 2.83. The number of amides is 1. The SMILES string of the molecule is COc1ccccc1CCC(=O)N1CCC(=O)C1. The van der Waals surface area contributed by atoms with Crippen LogP contribution >= 0.6 is 0 Å². The van der Waals surface area contributed by atoms with Gasteiger partial charge in [-0.3, -0.25) is 9.59 Å². The van der Waals surface area contributed by atoms with Gasteiger partial charge in [0.15, 0.2) is 5.78 Å². The van der Waals surface area contributed by atoms with Crippen molar-refractivity contribution >= 4 is 11.7 Å². The number of carbonyl (C=O) groups excluding carboxylic acids is 2. The molecule has 1 aliphatic rings. The zero-order chi connectivity index (χ0) is 13.0. The molecule has 0 spiro atoms. The fourth-order valence-corrected chi connectivity index (χ4v) is 2.15. The Balaban J connectivity index is 1.91. The van der Waals surface area contributed by atoms with Gasteiger partial charge < -0.3 is 9.64 Å². The Labute approximate surface area is 107 Å². The minimum atomic E-state index is 0.0479. The molecule has 2 rings (SSSR count). The lowest BCUT2D eigenvalue weighted by Gasteiger charge is -2.14. The van der Waals surface area contributed by atoms with Crippen molar-refractivity contribution in [1.82, 2.24) is 4.90 Å². The highest BCUT2D eigenvalue weighted by molar-refractivity contribution is 5.89. The minimum absolute atomic E-state index is 0.0479. The third-order valence-corrected chi connectivity index (χ3v) is 3.18. The highest BCUT2D eigenvalue weighted by Gasteiger charge is 2.23. The molecule has 1 aromatic carbocycles. The van der Waals surface area contributed by atoms with E-state index >= 15 is 0 Å². The van der Waals surface area contributed by atoms with E-state index in [-0.39, 0.29) is 18.2 Å². The Morgan fingerprint density at radius 3 is 2.83 bits per heavy atom. The molecule has 1 heterocycles. The maximum absolute atomic E-state index is 11.9. The Bertz CT molecular complexity index is 456. The van der Waals surface area contributed by atoms with Gasteiger partial charge in [0.05, 0.1) is 13.7 Å². The maximum atomic E-state index is 11.9. The first-order valence-electron chi connectivity index (χ1n) is 6.12. The molecule has 4 heteroatoms. The molecule has 0 aliphatic carbocycles. The fraction of sp³-hybridized carbons (Fsp3) is 0.429. The van der Waals surface area contributed by atoms with E-state index in [2.05, 4.69) is 0 Å². The third kappa shape index (κ3) is 2.88. The van der Waals surface area contributed by atoms with Crippen LogP contribution in [0.15, 0.2) is 24.3 Å². The summed E-state index contributed by atoms with van der Waals surface area (Å²) < 4.78 is 5.24. The number of rotatable bonds is 4. The van der Waals surface area contributed by atoms with Crippen molar-refractivity contribution in [3.63, 3.8) is 0 Å². The first-order chi connectivity index (χ1) is 8.70. The van der Waals surface area contributed by atoms with E-state index in [1.807, 2.05) is 24.3 Å². The fourth-order valence-electron chi connectivity index (χ4n) is 2.15. The summed E-state index contributed by atoms with van der Waals surface area (Å²) in [5.41, 5.74) is 1.03. The summed E-state index contributed by atoms with van der Waals surface area (Å²) in [7, 11) is 1.62. The van der Waals surface area contributed by atoms with Crippen LogP contribution in [-0.2, 0) is 16.0 Å². The largest absolute Gasteiger partial charge is 0.496 e. The van der Waals surface area contributed by atoms with Gasteiger partial charge in [0, 0.05) is 19.4 Å². The topological polar surface area (TPSA) is 46.6 Å². The van der Waals surface area contributed by atoms with Gasteiger partial charge in [-0.15, -0.1) is 0 Å². The standard InChI is InChI=1S/C14H17NO3/c1-18-13-5-3-2-4-11(13)6-7-14(17)15-9-8-12(16)10-15/h2-5H,6-10H2,1H3. The van der Waals surface area contributed by atoms with Crippen LogP contribution < -0.4 is 4.74 Å². The average molecular weight is 247 g/mol. The zero-order valence-electron chi connectivity index (χ0n) is 10.5. The summed E-state index contributed by atoms with van der Waals surface area (Å²) in [6.07, 6.45) is 1.57. The number of hydrogen-bond donors (Lipinski definition) is 0. The second-order valence-electron chi connectivity index (χ2n) is 4.42. The molecule has 4 nitrogen and oxygen atoms in total. The molecular weight excluding hydrogens is 230 g/mol. The number of ketones is 1. The van der Waals surface area contributed by atoms with Gasteiger partial charge in [0.1, 0.15) is 5.75 Å². The predicted molar refractivity (Wildman–Crippen MR) is 67.5 cm³/mol. The molecule has 18 heavy (non-hydrogen) atoms. The lowest BCUT2D eigenvalue weighted by molar-refractivity contribution is -0.131. The molecule has 1 saturated heterocycles. The quantitative estimate of drug-likeness (QED) is 0.808. The Kier molecular flexibility index (Phi) is 3.97. The third-order valence-electron chi connectivity index (χ3n) is 3.18. The summed E-state index contributed by atoms with van der Waals surface area (Å²) in [4.78, 5) is 24.7. The van der Waals surface area contributed by atoms with E-state index < -0.39 is 0 Å².